The summed E-state index contributed by atoms with van der Waals surface area (Å²) < 4.78 is 14.5. The van der Waals surface area contributed by atoms with Crippen molar-refractivity contribution in [1.29, 1.82) is 5.26 Å². The number of nitriles is 1. The third kappa shape index (κ3) is 2.49. The molecule has 12 heavy (non-hydrogen) atoms. The fraction of sp³-hybridized carbons (Fsp3) is 0.714. The van der Waals surface area contributed by atoms with Crippen LogP contribution in [0.15, 0.2) is 0 Å². The van der Waals surface area contributed by atoms with Gasteiger partial charge in [0, 0.05) is 0 Å². The van der Waals surface area contributed by atoms with Crippen molar-refractivity contribution in [1.82, 2.24) is 0 Å². The Bertz CT molecular complexity index is 192. The van der Waals surface area contributed by atoms with Gasteiger partial charge >= 0.3 is 5.97 Å². The number of rotatable bonds is 2. The van der Waals surface area contributed by atoms with E-state index in [2.05, 4.69) is 4.74 Å². The lowest BCUT2D eigenvalue weighted by molar-refractivity contribution is -0.169. The van der Waals surface area contributed by atoms with Crippen molar-refractivity contribution in [2.75, 3.05) is 26.4 Å². The van der Waals surface area contributed by atoms with Gasteiger partial charge in [-0.15, -0.1) is 0 Å². The number of esters is 1. The molecule has 1 rings (SSSR count). The van der Waals surface area contributed by atoms with Gasteiger partial charge in [-0.3, -0.25) is 0 Å². The lowest BCUT2D eigenvalue weighted by Crippen LogP contribution is -2.36. The van der Waals surface area contributed by atoms with Crippen LogP contribution >= 0.6 is 0 Å². The van der Waals surface area contributed by atoms with Crippen molar-refractivity contribution in [3.8, 4) is 6.07 Å². The van der Waals surface area contributed by atoms with E-state index in [1.165, 1.54) is 0 Å². The van der Waals surface area contributed by atoms with E-state index in [0.29, 0.717) is 13.2 Å². The van der Waals surface area contributed by atoms with Gasteiger partial charge in [0.15, 0.2) is 12.7 Å². The Labute approximate surface area is 69.8 Å². The highest BCUT2D eigenvalue weighted by molar-refractivity contribution is 5.75. The second-order valence-electron chi connectivity index (χ2n) is 2.20. The lowest BCUT2D eigenvalue weighted by Gasteiger charge is -2.20. The maximum Gasteiger partial charge on any atom is 0.338 e. The van der Waals surface area contributed by atoms with Gasteiger partial charge in [-0.1, -0.05) is 0 Å². The van der Waals surface area contributed by atoms with Gasteiger partial charge in [0.1, 0.15) is 6.07 Å². The fourth-order valence-corrected chi connectivity index (χ4v) is 0.820. The quantitative estimate of drug-likeness (QED) is 0.522. The zero-order valence-corrected chi connectivity index (χ0v) is 6.49. The molecule has 0 aromatic rings. The zero-order valence-electron chi connectivity index (χ0n) is 6.49. The first-order valence-electron chi connectivity index (χ1n) is 3.57. The molecule has 1 unspecified atom stereocenters. The Morgan fingerprint density at radius 2 is 2.50 bits per heavy atom. The molecule has 0 aromatic carbocycles. The SMILES string of the molecule is N#CCOC(=O)C1COCCO1. The van der Waals surface area contributed by atoms with Crippen molar-refractivity contribution >= 4 is 5.97 Å². The molecule has 0 bridgehead atoms. The molecule has 0 saturated carbocycles. The largest absolute Gasteiger partial charge is 0.448 e. The Balaban J connectivity index is 2.26. The van der Waals surface area contributed by atoms with Gasteiger partial charge in [0.2, 0.25) is 0 Å². The zero-order chi connectivity index (χ0) is 8.81. The molecule has 0 aliphatic carbocycles. The predicted octanol–water partition coefficient (Wildman–Crippen LogP) is -0.531. The van der Waals surface area contributed by atoms with Crippen LogP contribution in [0.5, 0.6) is 0 Å². The minimum Gasteiger partial charge on any atom is -0.448 e. The maximum absolute atomic E-state index is 11.0. The first-order chi connectivity index (χ1) is 5.84. The smallest absolute Gasteiger partial charge is 0.338 e. The summed E-state index contributed by atoms with van der Waals surface area (Å²) >= 11 is 0. The average Bonchev–Trinajstić information content (AvgIpc) is 2.15. The molecule has 1 heterocycles. The summed E-state index contributed by atoms with van der Waals surface area (Å²) in [6.45, 7) is 0.872. The van der Waals surface area contributed by atoms with Gasteiger partial charge in [0.05, 0.1) is 19.8 Å². The number of carbonyl (C=O) groups is 1. The molecule has 0 amide bonds. The van der Waals surface area contributed by atoms with E-state index in [-0.39, 0.29) is 13.2 Å². The molecule has 0 spiro atoms. The number of ether oxygens (including phenoxy) is 3. The lowest BCUT2D eigenvalue weighted by atomic mass is 10.3. The summed E-state index contributed by atoms with van der Waals surface area (Å²) in [6, 6.07) is 1.70. The topological polar surface area (TPSA) is 68.5 Å². The summed E-state index contributed by atoms with van der Waals surface area (Å²) in [5.41, 5.74) is 0. The van der Waals surface area contributed by atoms with Crippen molar-refractivity contribution < 1.29 is 19.0 Å². The molecule has 66 valence electrons. The number of nitrogens with zero attached hydrogens (tertiary/aromatic N) is 1. The van der Waals surface area contributed by atoms with Gasteiger partial charge in [-0.05, 0) is 0 Å². The first kappa shape index (κ1) is 8.97. The van der Waals surface area contributed by atoms with E-state index >= 15 is 0 Å². The van der Waals surface area contributed by atoms with Crippen LogP contribution in [0.4, 0.5) is 0 Å². The van der Waals surface area contributed by atoms with Crippen LogP contribution in [0.3, 0.4) is 0 Å². The molecule has 0 N–H and O–H groups in total. The number of hydrogen-bond donors (Lipinski definition) is 0. The number of hydrogen-bond acceptors (Lipinski definition) is 5. The van der Waals surface area contributed by atoms with E-state index in [0.717, 1.165) is 0 Å². The highest BCUT2D eigenvalue weighted by Gasteiger charge is 2.23. The minimum atomic E-state index is -0.660. The second kappa shape index (κ2) is 4.70. The Morgan fingerprint density at radius 1 is 1.67 bits per heavy atom. The van der Waals surface area contributed by atoms with E-state index < -0.39 is 12.1 Å². The molecule has 1 fully saturated rings. The van der Waals surface area contributed by atoms with Crippen LogP contribution in [0.1, 0.15) is 0 Å². The third-order valence-corrected chi connectivity index (χ3v) is 1.36. The summed E-state index contributed by atoms with van der Waals surface area (Å²) in [5, 5.41) is 8.11. The van der Waals surface area contributed by atoms with E-state index in [9.17, 15) is 4.79 Å². The summed E-state index contributed by atoms with van der Waals surface area (Å²) in [6.07, 6.45) is -0.660. The van der Waals surface area contributed by atoms with Crippen molar-refractivity contribution in [2.45, 2.75) is 6.10 Å². The molecule has 0 radical (unpaired) electrons. The van der Waals surface area contributed by atoms with Gasteiger partial charge in [-0.25, -0.2) is 4.79 Å². The third-order valence-electron chi connectivity index (χ3n) is 1.36. The van der Waals surface area contributed by atoms with Gasteiger partial charge < -0.3 is 14.2 Å². The second-order valence-corrected chi connectivity index (χ2v) is 2.20. The van der Waals surface area contributed by atoms with Gasteiger partial charge in [0.25, 0.3) is 0 Å². The first-order valence-corrected chi connectivity index (χ1v) is 3.57. The van der Waals surface area contributed by atoms with Crippen LogP contribution in [-0.2, 0) is 19.0 Å². The molecule has 1 saturated heterocycles. The molecule has 1 aliphatic heterocycles. The van der Waals surface area contributed by atoms with Crippen molar-refractivity contribution in [2.24, 2.45) is 0 Å². The van der Waals surface area contributed by atoms with Crippen LogP contribution in [-0.4, -0.2) is 38.5 Å². The van der Waals surface area contributed by atoms with Crippen LogP contribution in [0.25, 0.3) is 0 Å². The standard InChI is InChI=1S/C7H9NO4/c8-1-2-12-7(9)6-5-10-3-4-11-6/h6H,2-5H2. The maximum atomic E-state index is 11.0. The van der Waals surface area contributed by atoms with Crippen molar-refractivity contribution in [3.05, 3.63) is 0 Å². The highest BCUT2D eigenvalue weighted by atomic mass is 16.6. The molecule has 0 aromatic heterocycles. The number of carbonyl (C=O) groups excluding carboxylic acids is 1. The molecular formula is C7H9NO4. The van der Waals surface area contributed by atoms with Crippen LogP contribution in [0, 0.1) is 11.3 Å². The van der Waals surface area contributed by atoms with Gasteiger partial charge in [-0.2, -0.15) is 5.26 Å². The summed E-state index contributed by atoms with van der Waals surface area (Å²) in [5.74, 6) is -0.531. The van der Waals surface area contributed by atoms with Crippen molar-refractivity contribution in [3.63, 3.8) is 0 Å². The normalized spacial score (nSPS) is 22.8. The molecule has 1 atom stereocenters. The average molecular weight is 171 g/mol. The van der Waals surface area contributed by atoms with Crippen LogP contribution in [0.2, 0.25) is 0 Å². The minimum absolute atomic E-state index is 0.213. The Hall–Kier alpha value is -1.12. The predicted molar refractivity (Wildman–Crippen MR) is 37.1 cm³/mol. The molecular weight excluding hydrogens is 162 g/mol. The van der Waals surface area contributed by atoms with Crippen LogP contribution < -0.4 is 0 Å². The molecule has 5 heteroatoms. The molecule has 5 nitrogen and oxygen atoms in total. The highest BCUT2D eigenvalue weighted by Crippen LogP contribution is 2.02. The van der Waals surface area contributed by atoms with E-state index in [1.807, 2.05) is 0 Å². The monoisotopic (exact) mass is 171 g/mol. The van der Waals surface area contributed by atoms with E-state index in [1.54, 1.807) is 6.07 Å². The summed E-state index contributed by atoms with van der Waals surface area (Å²) in [7, 11) is 0. The Kier molecular flexibility index (Phi) is 3.51. The Morgan fingerprint density at radius 3 is 3.08 bits per heavy atom. The summed E-state index contributed by atoms with van der Waals surface area (Å²) in [4.78, 5) is 11.0. The molecule has 1 aliphatic rings. The fourth-order valence-electron chi connectivity index (χ4n) is 0.820. The van der Waals surface area contributed by atoms with E-state index in [4.69, 9.17) is 14.7 Å².